The second kappa shape index (κ2) is 5.88. The normalized spacial score (nSPS) is 18.4. The van der Waals surface area contributed by atoms with Crippen LogP contribution in [-0.2, 0) is 4.79 Å². The lowest BCUT2D eigenvalue weighted by atomic mass is 9.84. The van der Waals surface area contributed by atoms with E-state index >= 15 is 0 Å². The van der Waals surface area contributed by atoms with E-state index in [1.54, 1.807) is 6.08 Å². The number of nitrogens with zero attached hydrogens (tertiary/aromatic N) is 1. The highest BCUT2D eigenvalue weighted by molar-refractivity contribution is 6.33. The summed E-state index contributed by atoms with van der Waals surface area (Å²) in [6.07, 6.45) is 5.08. The van der Waals surface area contributed by atoms with Gasteiger partial charge in [0.2, 0.25) is 0 Å². The van der Waals surface area contributed by atoms with E-state index in [0.29, 0.717) is 10.4 Å². The van der Waals surface area contributed by atoms with Crippen LogP contribution in [0.2, 0.25) is 5.02 Å². The third-order valence-corrected chi connectivity index (χ3v) is 3.93. The molecule has 3 nitrogen and oxygen atoms in total. The van der Waals surface area contributed by atoms with Crippen LogP contribution in [0.1, 0.15) is 32.3 Å². The summed E-state index contributed by atoms with van der Waals surface area (Å²) in [6, 6.07) is 5.70. The van der Waals surface area contributed by atoms with Crippen LogP contribution >= 0.6 is 11.6 Å². The van der Waals surface area contributed by atoms with E-state index in [-0.39, 0.29) is 0 Å². The van der Waals surface area contributed by atoms with Gasteiger partial charge in [-0.15, -0.1) is 0 Å². The molecular formula is C16H20ClNO2. The number of aliphatic carboxylic acids is 1. The van der Waals surface area contributed by atoms with Gasteiger partial charge in [0.15, 0.2) is 0 Å². The van der Waals surface area contributed by atoms with Gasteiger partial charge in [0, 0.05) is 19.2 Å². The highest BCUT2D eigenvalue weighted by atomic mass is 35.5. The summed E-state index contributed by atoms with van der Waals surface area (Å²) < 4.78 is 0. The van der Waals surface area contributed by atoms with Crippen molar-refractivity contribution in [1.29, 1.82) is 0 Å². The van der Waals surface area contributed by atoms with Crippen molar-refractivity contribution in [2.24, 2.45) is 5.41 Å². The SMILES string of the molecule is CC1(C)CCCN(c2ccc(/C=C/C(=O)O)cc2Cl)C1. The standard InChI is InChI=1S/C16H20ClNO2/c1-16(2)8-3-9-18(11-16)14-6-4-12(10-13(14)17)5-7-15(19)20/h4-7,10H,3,8-9,11H2,1-2H3,(H,19,20)/b7-5+. The average molecular weight is 294 g/mol. The number of benzene rings is 1. The third kappa shape index (κ3) is 3.76. The minimum atomic E-state index is -0.956. The summed E-state index contributed by atoms with van der Waals surface area (Å²) in [4.78, 5) is 12.8. The molecule has 4 heteroatoms. The van der Waals surface area contributed by atoms with Crippen LogP contribution in [0.3, 0.4) is 0 Å². The quantitative estimate of drug-likeness (QED) is 0.854. The Morgan fingerprint density at radius 2 is 2.20 bits per heavy atom. The van der Waals surface area contributed by atoms with Gasteiger partial charge in [-0.05, 0) is 42.0 Å². The largest absolute Gasteiger partial charge is 0.478 e. The van der Waals surface area contributed by atoms with Crippen LogP contribution in [0, 0.1) is 5.41 Å². The Morgan fingerprint density at radius 3 is 2.80 bits per heavy atom. The zero-order chi connectivity index (χ0) is 14.8. The fraction of sp³-hybridized carbons (Fsp3) is 0.438. The molecule has 20 heavy (non-hydrogen) atoms. The molecule has 0 atom stereocenters. The highest BCUT2D eigenvalue weighted by Gasteiger charge is 2.27. The molecule has 0 spiro atoms. The second-order valence-corrected chi connectivity index (χ2v) is 6.48. The van der Waals surface area contributed by atoms with Crippen molar-refractivity contribution in [2.75, 3.05) is 18.0 Å². The molecule has 1 N–H and O–H groups in total. The Bertz CT molecular complexity index is 537. The van der Waals surface area contributed by atoms with Gasteiger partial charge >= 0.3 is 5.97 Å². The van der Waals surface area contributed by atoms with Crippen LogP contribution < -0.4 is 4.90 Å². The first-order valence-electron chi connectivity index (χ1n) is 6.83. The van der Waals surface area contributed by atoms with E-state index < -0.39 is 5.97 Å². The van der Waals surface area contributed by atoms with Crippen molar-refractivity contribution < 1.29 is 9.90 Å². The Balaban J connectivity index is 2.19. The molecule has 0 aromatic heterocycles. The molecule has 0 aliphatic carbocycles. The predicted molar refractivity (Wildman–Crippen MR) is 83.3 cm³/mol. The molecule has 2 rings (SSSR count). The fourth-order valence-electron chi connectivity index (χ4n) is 2.68. The lowest BCUT2D eigenvalue weighted by Crippen LogP contribution is -2.40. The first-order valence-corrected chi connectivity index (χ1v) is 7.21. The summed E-state index contributed by atoms with van der Waals surface area (Å²) in [5, 5.41) is 9.31. The zero-order valence-electron chi connectivity index (χ0n) is 11.9. The second-order valence-electron chi connectivity index (χ2n) is 6.07. The van der Waals surface area contributed by atoms with Gasteiger partial charge in [0.1, 0.15) is 0 Å². The molecule has 1 aliphatic heterocycles. The van der Waals surface area contributed by atoms with Gasteiger partial charge in [0.25, 0.3) is 0 Å². The Hall–Kier alpha value is -1.48. The number of hydrogen-bond acceptors (Lipinski definition) is 2. The molecular weight excluding hydrogens is 274 g/mol. The van der Waals surface area contributed by atoms with E-state index in [2.05, 4.69) is 18.7 Å². The Labute approximate surface area is 124 Å². The first-order chi connectivity index (χ1) is 9.37. The van der Waals surface area contributed by atoms with Gasteiger partial charge in [-0.3, -0.25) is 0 Å². The number of carbonyl (C=O) groups is 1. The number of piperidine rings is 1. The molecule has 1 heterocycles. The van der Waals surface area contributed by atoms with Crippen molar-refractivity contribution >= 4 is 29.3 Å². The lowest BCUT2D eigenvalue weighted by Gasteiger charge is -2.39. The first kappa shape index (κ1) is 14.9. The molecule has 0 bridgehead atoms. The molecule has 0 unspecified atom stereocenters. The van der Waals surface area contributed by atoms with Gasteiger partial charge in [-0.25, -0.2) is 4.79 Å². The maximum atomic E-state index is 10.5. The van der Waals surface area contributed by atoms with Crippen molar-refractivity contribution in [3.8, 4) is 0 Å². The van der Waals surface area contributed by atoms with Crippen LogP contribution in [-0.4, -0.2) is 24.2 Å². The maximum absolute atomic E-state index is 10.5. The van der Waals surface area contributed by atoms with Crippen molar-refractivity contribution in [2.45, 2.75) is 26.7 Å². The molecule has 1 saturated heterocycles. The molecule has 1 aromatic carbocycles. The topological polar surface area (TPSA) is 40.5 Å². The number of hydrogen-bond donors (Lipinski definition) is 1. The maximum Gasteiger partial charge on any atom is 0.328 e. The third-order valence-electron chi connectivity index (χ3n) is 3.63. The van der Waals surface area contributed by atoms with E-state index in [1.165, 1.54) is 12.8 Å². The van der Waals surface area contributed by atoms with Crippen LogP contribution in [0.15, 0.2) is 24.3 Å². The molecule has 1 aliphatic rings. The fourth-order valence-corrected chi connectivity index (χ4v) is 2.99. The van der Waals surface area contributed by atoms with Crippen molar-refractivity contribution in [1.82, 2.24) is 0 Å². The summed E-state index contributed by atoms with van der Waals surface area (Å²) in [7, 11) is 0. The molecule has 0 amide bonds. The number of rotatable bonds is 3. The smallest absolute Gasteiger partial charge is 0.328 e. The predicted octanol–water partition coefficient (Wildman–Crippen LogP) is 4.06. The summed E-state index contributed by atoms with van der Waals surface area (Å²) in [5.74, 6) is -0.956. The van der Waals surface area contributed by atoms with E-state index in [4.69, 9.17) is 16.7 Å². The Morgan fingerprint density at radius 1 is 1.45 bits per heavy atom. The van der Waals surface area contributed by atoms with Gasteiger partial charge in [0.05, 0.1) is 10.7 Å². The average Bonchev–Trinajstić information content (AvgIpc) is 2.35. The molecule has 0 saturated carbocycles. The molecule has 0 radical (unpaired) electrons. The van der Waals surface area contributed by atoms with Crippen LogP contribution in [0.5, 0.6) is 0 Å². The molecule has 1 fully saturated rings. The summed E-state index contributed by atoms with van der Waals surface area (Å²) >= 11 is 6.35. The summed E-state index contributed by atoms with van der Waals surface area (Å²) in [5.41, 5.74) is 2.15. The van der Waals surface area contributed by atoms with Gasteiger partial charge in [-0.2, -0.15) is 0 Å². The molecule has 108 valence electrons. The minimum absolute atomic E-state index is 0.309. The van der Waals surface area contributed by atoms with E-state index in [0.717, 1.165) is 30.4 Å². The zero-order valence-corrected chi connectivity index (χ0v) is 12.7. The van der Waals surface area contributed by atoms with E-state index in [9.17, 15) is 4.79 Å². The van der Waals surface area contributed by atoms with Gasteiger partial charge < -0.3 is 10.0 Å². The van der Waals surface area contributed by atoms with E-state index in [1.807, 2.05) is 18.2 Å². The highest BCUT2D eigenvalue weighted by Crippen LogP contribution is 2.35. The lowest BCUT2D eigenvalue weighted by molar-refractivity contribution is -0.131. The summed E-state index contributed by atoms with van der Waals surface area (Å²) in [6.45, 7) is 6.57. The van der Waals surface area contributed by atoms with Crippen molar-refractivity contribution in [3.63, 3.8) is 0 Å². The minimum Gasteiger partial charge on any atom is -0.478 e. The van der Waals surface area contributed by atoms with Gasteiger partial charge in [-0.1, -0.05) is 31.5 Å². The Kier molecular flexibility index (Phi) is 4.39. The number of carboxylic acids is 1. The number of halogens is 1. The number of carboxylic acid groups (broad SMARTS) is 1. The monoisotopic (exact) mass is 293 g/mol. The van der Waals surface area contributed by atoms with Crippen LogP contribution in [0.4, 0.5) is 5.69 Å². The van der Waals surface area contributed by atoms with Crippen molar-refractivity contribution in [3.05, 3.63) is 34.9 Å². The molecule has 1 aromatic rings. The van der Waals surface area contributed by atoms with Crippen LogP contribution in [0.25, 0.3) is 6.08 Å². The number of anilines is 1.